The van der Waals surface area contributed by atoms with Crippen LogP contribution in [0.1, 0.15) is 168 Å². The molecule has 1 saturated heterocycles. The number of aliphatic hydroxyl groups is 1. The van der Waals surface area contributed by atoms with Crippen molar-refractivity contribution < 1.29 is 28.9 Å². The molecule has 1 heterocycles. The Bertz CT molecular complexity index is 649. The summed E-state index contributed by atoms with van der Waals surface area (Å²) in [5.74, 6) is -0.585. The van der Waals surface area contributed by atoms with Crippen LogP contribution in [0.2, 0.25) is 0 Å². The normalized spacial score (nSPS) is 17.1. The summed E-state index contributed by atoms with van der Waals surface area (Å²) >= 11 is 0. The smallest absolute Gasteiger partial charge is 0.305 e. The summed E-state index contributed by atoms with van der Waals surface area (Å²) in [4.78, 5) is 23.8. The quantitative estimate of drug-likeness (QED) is 0.0394. The number of allylic oxidation sites excluding steroid dienone is 1. The second-order valence-electron chi connectivity index (χ2n) is 12.0. The summed E-state index contributed by atoms with van der Waals surface area (Å²) in [6.07, 6.45) is 31.4. The third kappa shape index (κ3) is 24.9. The first-order valence-corrected chi connectivity index (χ1v) is 17.4. The van der Waals surface area contributed by atoms with Gasteiger partial charge in [-0.1, -0.05) is 129 Å². The zero-order valence-electron chi connectivity index (χ0n) is 26.8. The number of carbonyl (C=O) groups excluding carboxylic acids is 2. The van der Waals surface area contributed by atoms with Crippen LogP contribution >= 0.6 is 0 Å². The number of hydrogen-bond donors (Lipinski definition) is 1. The average Bonchev–Trinajstić information content (AvgIpc) is 3.72. The molecule has 0 amide bonds. The molecule has 0 aromatic carbocycles. The highest BCUT2D eigenvalue weighted by Gasteiger charge is 2.36. The molecule has 0 saturated carbocycles. The number of rotatable bonds is 30. The van der Waals surface area contributed by atoms with E-state index < -0.39 is 6.10 Å². The summed E-state index contributed by atoms with van der Waals surface area (Å²) in [6.45, 7) is 4.23. The molecular weight excluding hydrogens is 516 g/mol. The highest BCUT2D eigenvalue weighted by Crippen LogP contribution is 2.30. The number of unbranched alkanes of at least 4 members (excludes halogenated alkanes) is 17. The van der Waals surface area contributed by atoms with Crippen molar-refractivity contribution in [3.8, 4) is 0 Å². The molecular formula is C35H64O6. The molecule has 0 aromatic rings. The first-order chi connectivity index (χ1) is 20.1. The standard InChI is InChI=1S/C35H64O6/c1-3-5-7-9-11-12-13-14-15-19-23-27-34(37)39-29-31(36)30-40-35(38)28-24-20-16-18-22-26-33-32(41-33)25-21-17-10-8-6-4-2/h17,21,31-33,36H,3-16,18-20,22-30H2,1-2H3/b21-17-/t31-,32?,33?/m0/s1. The van der Waals surface area contributed by atoms with Gasteiger partial charge in [0, 0.05) is 12.8 Å². The minimum Gasteiger partial charge on any atom is -0.463 e. The van der Waals surface area contributed by atoms with Crippen LogP contribution in [0.3, 0.4) is 0 Å². The fraction of sp³-hybridized carbons (Fsp3) is 0.886. The maximum Gasteiger partial charge on any atom is 0.305 e. The largest absolute Gasteiger partial charge is 0.463 e. The molecule has 0 spiro atoms. The zero-order chi connectivity index (χ0) is 29.8. The molecule has 1 fully saturated rings. The Kier molecular flexibility index (Phi) is 25.2. The predicted molar refractivity (Wildman–Crippen MR) is 168 cm³/mol. The maximum absolute atomic E-state index is 11.9. The molecule has 1 N–H and O–H groups in total. The van der Waals surface area contributed by atoms with E-state index in [9.17, 15) is 14.7 Å². The van der Waals surface area contributed by atoms with Crippen molar-refractivity contribution in [3.05, 3.63) is 12.2 Å². The van der Waals surface area contributed by atoms with Gasteiger partial charge >= 0.3 is 11.9 Å². The molecule has 1 rings (SSSR count). The van der Waals surface area contributed by atoms with E-state index in [1.165, 1.54) is 83.5 Å². The van der Waals surface area contributed by atoms with E-state index in [1.54, 1.807) is 0 Å². The molecule has 3 atom stereocenters. The van der Waals surface area contributed by atoms with Crippen molar-refractivity contribution in [1.29, 1.82) is 0 Å². The summed E-state index contributed by atoms with van der Waals surface area (Å²) in [5.41, 5.74) is 0. The second-order valence-corrected chi connectivity index (χ2v) is 12.0. The Morgan fingerprint density at radius 3 is 1.63 bits per heavy atom. The average molecular weight is 581 g/mol. The third-order valence-corrected chi connectivity index (χ3v) is 7.92. The first kappa shape index (κ1) is 37.6. The summed E-state index contributed by atoms with van der Waals surface area (Å²) < 4.78 is 16.0. The SMILES string of the molecule is CCCCC/C=C\CC1OC1CCCCCCCC(=O)OC[C@@H](O)COC(=O)CCCCCCCCCCCCC. The Morgan fingerprint density at radius 2 is 1.10 bits per heavy atom. The fourth-order valence-corrected chi connectivity index (χ4v) is 5.15. The zero-order valence-corrected chi connectivity index (χ0v) is 26.8. The number of hydrogen-bond acceptors (Lipinski definition) is 6. The lowest BCUT2D eigenvalue weighted by Gasteiger charge is -2.12. The van der Waals surface area contributed by atoms with Crippen molar-refractivity contribution in [2.45, 2.75) is 186 Å². The van der Waals surface area contributed by atoms with Gasteiger partial charge in [0.15, 0.2) is 0 Å². The highest BCUT2D eigenvalue weighted by atomic mass is 16.6. The van der Waals surface area contributed by atoms with Crippen LogP contribution < -0.4 is 0 Å². The summed E-state index contributed by atoms with van der Waals surface area (Å²) in [6, 6.07) is 0. The molecule has 240 valence electrons. The minimum absolute atomic E-state index is 0.120. The molecule has 0 bridgehead atoms. The number of ether oxygens (including phenoxy) is 3. The lowest BCUT2D eigenvalue weighted by molar-refractivity contribution is -0.152. The van der Waals surface area contributed by atoms with Crippen molar-refractivity contribution in [2.24, 2.45) is 0 Å². The summed E-state index contributed by atoms with van der Waals surface area (Å²) in [7, 11) is 0. The van der Waals surface area contributed by atoms with E-state index in [2.05, 4.69) is 26.0 Å². The predicted octanol–water partition coefficient (Wildman–Crippen LogP) is 9.16. The molecule has 6 heteroatoms. The number of esters is 2. The van der Waals surface area contributed by atoms with Crippen LogP contribution in [0.5, 0.6) is 0 Å². The van der Waals surface area contributed by atoms with Crippen LogP contribution in [-0.4, -0.2) is 48.6 Å². The van der Waals surface area contributed by atoms with Gasteiger partial charge in [-0.25, -0.2) is 0 Å². The number of carbonyl (C=O) groups is 2. The van der Waals surface area contributed by atoms with Crippen molar-refractivity contribution >= 4 is 11.9 Å². The first-order valence-electron chi connectivity index (χ1n) is 17.4. The van der Waals surface area contributed by atoms with Gasteiger partial charge in [-0.15, -0.1) is 0 Å². The molecule has 41 heavy (non-hydrogen) atoms. The molecule has 0 aromatic heterocycles. The van der Waals surface area contributed by atoms with E-state index in [1.807, 2.05) is 0 Å². The maximum atomic E-state index is 11.9. The van der Waals surface area contributed by atoms with E-state index in [0.717, 1.165) is 57.8 Å². The van der Waals surface area contributed by atoms with E-state index in [-0.39, 0.29) is 25.2 Å². The van der Waals surface area contributed by atoms with Gasteiger partial charge in [-0.05, 0) is 38.5 Å². The van der Waals surface area contributed by atoms with Gasteiger partial charge in [0.1, 0.15) is 19.3 Å². The molecule has 1 aliphatic heterocycles. The van der Waals surface area contributed by atoms with Crippen LogP contribution in [-0.2, 0) is 23.8 Å². The lowest BCUT2D eigenvalue weighted by Crippen LogP contribution is -2.25. The van der Waals surface area contributed by atoms with Crippen LogP contribution in [0, 0.1) is 0 Å². The Labute approximate surface area is 252 Å². The van der Waals surface area contributed by atoms with Gasteiger partial charge in [0.25, 0.3) is 0 Å². The van der Waals surface area contributed by atoms with Gasteiger partial charge in [0.2, 0.25) is 0 Å². The number of aliphatic hydroxyl groups excluding tert-OH is 1. The van der Waals surface area contributed by atoms with Crippen molar-refractivity contribution in [3.63, 3.8) is 0 Å². The van der Waals surface area contributed by atoms with E-state index in [4.69, 9.17) is 14.2 Å². The second kappa shape index (κ2) is 27.4. The van der Waals surface area contributed by atoms with E-state index in [0.29, 0.717) is 25.0 Å². The number of epoxide rings is 1. The van der Waals surface area contributed by atoms with Crippen molar-refractivity contribution in [2.75, 3.05) is 13.2 Å². The molecule has 6 nitrogen and oxygen atoms in total. The molecule has 0 aliphatic carbocycles. The van der Waals surface area contributed by atoms with Gasteiger partial charge in [-0.3, -0.25) is 9.59 Å². The minimum atomic E-state index is -0.967. The highest BCUT2D eigenvalue weighted by molar-refractivity contribution is 5.69. The third-order valence-electron chi connectivity index (χ3n) is 7.92. The molecule has 0 radical (unpaired) electrons. The lowest BCUT2D eigenvalue weighted by atomic mass is 10.1. The fourth-order valence-electron chi connectivity index (χ4n) is 5.15. The van der Waals surface area contributed by atoms with Gasteiger partial charge in [0.05, 0.1) is 12.2 Å². The topological polar surface area (TPSA) is 85.4 Å². The van der Waals surface area contributed by atoms with Crippen molar-refractivity contribution in [1.82, 2.24) is 0 Å². The monoisotopic (exact) mass is 580 g/mol. The molecule has 1 aliphatic rings. The van der Waals surface area contributed by atoms with Crippen LogP contribution in [0.15, 0.2) is 12.2 Å². The van der Waals surface area contributed by atoms with Gasteiger partial charge in [-0.2, -0.15) is 0 Å². The Balaban J connectivity index is 1.84. The van der Waals surface area contributed by atoms with Gasteiger partial charge < -0.3 is 19.3 Å². The van der Waals surface area contributed by atoms with Crippen LogP contribution in [0.25, 0.3) is 0 Å². The van der Waals surface area contributed by atoms with E-state index >= 15 is 0 Å². The molecule has 2 unspecified atom stereocenters. The van der Waals surface area contributed by atoms with Crippen LogP contribution in [0.4, 0.5) is 0 Å². The Morgan fingerprint density at radius 1 is 0.634 bits per heavy atom. The Hall–Kier alpha value is -1.40. The summed E-state index contributed by atoms with van der Waals surface area (Å²) in [5, 5.41) is 9.97.